The van der Waals surface area contributed by atoms with Crippen molar-refractivity contribution in [1.82, 2.24) is 9.88 Å². The Hall–Kier alpha value is -2.29. The highest BCUT2D eigenvalue weighted by Crippen LogP contribution is 2.21. The molecular weight excluding hydrogens is 246 g/mol. The van der Waals surface area contributed by atoms with Gasteiger partial charge < -0.3 is 9.88 Å². The van der Waals surface area contributed by atoms with Crippen LogP contribution < -0.4 is 5.32 Å². The molecule has 0 saturated heterocycles. The summed E-state index contributed by atoms with van der Waals surface area (Å²) in [4.78, 5) is 22.4. The van der Waals surface area contributed by atoms with Crippen molar-refractivity contribution in [2.45, 2.75) is 39.3 Å². The van der Waals surface area contributed by atoms with Gasteiger partial charge in [-0.15, -0.1) is 6.42 Å². The molecule has 1 N–H and O–H groups in total. The third kappa shape index (κ3) is 3.35. The van der Waals surface area contributed by atoms with E-state index in [0.717, 1.165) is 0 Å². The second-order valence-electron chi connectivity index (χ2n) is 5.07. The molecule has 6 nitrogen and oxygen atoms in total. The van der Waals surface area contributed by atoms with E-state index in [0.29, 0.717) is 0 Å². The number of aromatic nitrogens is 1. The van der Waals surface area contributed by atoms with E-state index in [-0.39, 0.29) is 17.4 Å². The van der Waals surface area contributed by atoms with Gasteiger partial charge in [-0.05, 0) is 27.7 Å². The lowest BCUT2D eigenvalue weighted by molar-refractivity contribution is -0.384. The largest absolute Gasteiger partial charge is 0.335 e. The van der Waals surface area contributed by atoms with Crippen molar-refractivity contribution < 1.29 is 9.72 Å². The molecule has 0 unspecified atom stereocenters. The Labute approximate surface area is 111 Å². The number of nitrogens with zero attached hydrogens (tertiary/aromatic N) is 2. The predicted octanol–water partition coefficient (Wildman–Crippen LogP) is 2.12. The van der Waals surface area contributed by atoms with E-state index in [1.165, 1.54) is 12.3 Å². The smallest absolute Gasteiger partial charge is 0.287 e. The number of terminal acetylenes is 1. The number of amides is 1. The highest BCUT2D eigenvalue weighted by Gasteiger charge is 2.24. The molecule has 6 heteroatoms. The van der Waals surface area contributed by atoms with Gasteiger partial charge >= 0.3 is 0 Å². The van der Waals surface area contributed by atoms with E-state index >= 15 is 0 Å². The van der Waals surface area contributed by atoms with E-state index < -0.39 is 16.4 Å². The minimum Gasteiger partial charge on any atom is -0.335 e. The summed E-state index contributed by atoms with van der Waals surface area (Å²) in [5.41, 5.74) is -0.694. The zero-order chi connectivity index (χ0) is 14.8. The van der Waals surface area contributed by atoms with E-state index in [1.807, 2.05) is 13.8 Å². The fraction of sp³-hybridized carbons (Fsp3) is 0.462. The maximum atomic E-state index is 12.1. The van der Waals surface area contributed by atoms with Crippen LogP contribution in [0.5, 0.6) is 0 Å². The normalized spacial score (nSPS) is 11.2. The molecule has 1 rings (SSSR count). The number of rotatable bonds is 4. The molecule has 0 saturated carbocycles. The van der Waals surface area contributed by atoms with Crippen molar-refractivity contribution >= 4 is 11.6 Å². The molecule has 1 amide bonds. The SMILES string of the molecule is C#CC(C)(C)NC(=O)c1cc([N+](=O)[O-])cn1C(C)C. The fourth-order valence-electron chi connectivity index (χ4n) is 1.56. The average Bonchev–Trinajstić information content (AvgIpc) is 2.73. The van der Waals surface area contributed by atoms with Crippen LogP contribution in [-0.4, -0.2) is 20.9 Å². The third-order valence-electron chi connectivity index (χ3n) is 2.62. The fourth-order valence-corrected chi connectivity index (χ4v) is 1.56. The van der Waals surface area contributed by atoms with Crippen LogP contribution >= 0.6 is 0 Å². The van der Waals surface area contributed by atoms with Gasteiger partial charge in [-0.25, -0.2) is 0 Å². The molecular formula is C13H17N3O3. The topological polar surface area (TPSA) is 77.2 Å². The lowest BCUT2D eigenvalue weighted by atomic mass is 10.1. The summed E-state index contributed by atoms with van der Waals surface area (Å²) in [5.74, 6) is 2.02. The van der Waals surface area contributed by atoms with Gasteiger partial charge in [0.25, 0.3) is 11.6 Å². The average molecular weight is 263 g/mol. The summed E-state index contributed by atoms with van der Waals surface area (Å²) in [6, 6.07) is 1.19. The molecule has 1 heterocycles. The van der Waals surface area contributed by atoms with E-state index in [9.17, 15) is 14.9 Å². The van der Waals surface area contributed by atoms with Crippen LogP contribution in [0.15, 0.2) is 12.3 Å². The first-order valence-corrected chi connectivity index (χ1v) is 5.84. The summed E-state index contributed by atoms with van der Waals surface area (Å²) in [6.07, 6.45) is 6.65. The number of carbonyl (C=O) groups excluding carboxylic acids is 1. The lowest BCUT2D eigenvalue weighted by Crippen LogP contribution is -2.42. The zero-order valence-corrected chi connectivity index (χ0v) is 11.4. The van der Waals surface area contributed by atoms with Gasteiger partial charge in [0.15, 0.2) is 0 Å². The van der Waals surface area contributed by atoms with E-state index in [2.05, 4.69) is 11.2 Å². The third-order valence-corrected chi connectivity index (χ3v) is 2.62. The molecule has 0 atom stereocenters. The zero-order valence-electron chi connectivity index (χ0n) is 11.4. The molecule has 0 aliphatic carbocycles. The Balaban J connectivity index is 3.16. The van der Waals surface area contributed by atoms with Crippen LogP contribution in [0.2, 0.25) is 0 Å². The molecule has 102 valence electrons. The number of hydrogen-bond acceptors (Lipinski definition) is 3. The first-order chi connectivity index (χ1) is 8.68. The summed E-state index contributed by atoms with van der Waals surface area (Å²) >= 11 is 0. The Bertz CT molecular complexity index is 550. The van der Waals surface area contributed by atoms with Gasteiger partial charge in [-0.1, -0.05) is 5.92 Å². The van der Waals surface area contributed by atoms with Crippen LogP contribution in [0.1, 0.15) is 44.2 Å². The van der Waals surface area contributed by atoms with Crippen molar-refractivity contribution in [3.63, 3.8) is 0 Å². The van der Waals surface area contributed by atoms with Crippen molar-refractivity contribution in [2.24, 2.45) is 0 Å². The standard InChI is InChI=1S/C13H17N3O3/c1-6-13(4,5)14-12(17)11-7-10(16(18)19)8-15(11)9(2)3/h1,7-9H,2-5H3,(H,14,17). The Morgan fingerprint density at radius 3 is 2.58 bits per heavy atom. The highest BCUT2D eigenvalue weighted by atomic mass is 16.6. The first-order valence-electron chi connectivity index (χ1n) is 5.84. The maximum Gasteiger partial charge on any atom is 0.287 e. The van der Waals surface area contributed by atoms with Gasteiger partial charge in [-0.2, -0.15) is 0 Å². The van der Waals surface area contributed by atoms with Gasteiger partial charge in [0, 0.05) is 12.1 Å². The van der Waals surface area contributed by atoms with Crippen LogP contribution in [0.25, 0.3) is 0 Å². The van der Waals surface area contributed by atoms with Crippen molar-refractivity contribution in [2.75, 3.05) is 0 Å². The molecule has 0 aromatic carbocycles. The Kier molecular flexibility index (Phi) is 4.00. The number of hydrogen-bond donors (Lipinski definition) is 1. The number of nitrogens with one attached hydrogen (secondary N) is 1. The van der Waals surface area contributed by atoms with Crippen molar-refractivity contribution in [1.29, 1.82) is 0 Å². The Morgan fingerprint density at radius 2 is 2.16 bits per heavy atom. The van der Waals surface area contributed by atoms with Crippen LogP contribution in [0.3, 0.4) is 0 Å². The lowest BCUT2D eigenvalue weighted by Gasteiger charge is -2.20. The quantitative estimate of drug-likeness (QED) is 0.513. The molecule has 0 aliphatic rings. The second kappa shape index (κ2) is 5.14. The molecule has 0 radical (unpaired) electrons. The second-order valence-corrected chi connectivity index (χ2v) is 5.07. The van der Waals surface area contributed by atoms with E-state index in [4.69, 9.17) is 6.42 Å². The van der Waals surface area contributed by atoms with Gasteiger partial charge in [-0.3, -0.25) is 14.9 Å². The molecule has 0 aliphatic heterocycles. The minimum atomic E-state index is -0.808. The summed E-state index contributed by atoms with van der Waals surface area (Å²) in [6.45, 7) is 7.05. The van der Waals surface area contributed by atoms with Gasteiger partial charge in [0.2, 0.25) is 0 Å². The molecule has 0 fully saturated rings. The molecule has 1 aromatic rings. The van der Waals surface area contributed by atoms with Gasteiger partial charge in [0.05, 0.1) is 16.7 Å². The number of nitro groups is 1. The molecule has 1 aromatic heterocycles. The molecule has 0 spiro atoms. The van der Waals surface area contributed by atoms with Crippen molar-refractivity contribution in [3.8, 4) is 12.3 Å². The Morgan fingerprint density at radius 1 is 1.58 bits per heavy atom. The van der Waals surface area contributed by atoms with Crippen LogP contribution in [-0.2, 0) is 0 Å². The number of carbonyl (C=O) groups is 1. The van der Waals surface area contributed by atoms with Crippen LogP contribution in [0.4, 0.5) is 5.69 Å². The molecule has 0 bridgehead atoms. The highest BCUT2D eigenvalue weighted by molar-refractivity contribution is 5.94. The molecule has 19 heavy (non-hydrogen) atoms. The predicted molar refractivity (Wildman–Crippen MR) is 71.8 cm³/mol. The summed E-state index contributed by atoms with van der Waals surface area (Å²) in [7, 11) is 0. The summed E-state index contributed by atoms with van der Waals surface area (Å²) < 4.78 is 1.56. The minimum absolute atomic E-state index is 0.0663. The monoisotopic (exact) mass is 263 g/mol. The summed E-state index contributed by atoms with van der Waals surface area (Å²) in [5, 5.41) is 13.4. The maximum absolute atomic E-state index is 12.1. The van der Waals surface area contributed by atoms with Crippen molar-refractivity contribution in [3.05, 3.63) is 28.1 Å². The van der Waals surface area contributed by atoms with Crippen LogP contribution in [0, 0.1) is 22.5 Å². The van der Waals surface area contributed by atoms with E-state index in [1.54, 1.807) is 18.4 Å². The first kappa shape index (κ1) is 14.8. The van der Waals surface area contributed by atoms with Gasteiger partial charge in [0.1, 0.15) is 5.69 Å².